The fourth-order valence-corrected chi connectivity index (χ4v) is 6.92. The largest absolute Gasteiger partial charge is 0.463 e. The molecule has 2 aromatic carbocycles. The minimum absolute atomic E-state index is 0.126. The minimum Gasteiger partial charge on any atom is -0.463 e. The van der Waals surface area contributed by atoms with Gasteiger partial charge >= 0.3 is 5.97 Å². The number of hydrogen-bond acceptors (Lipinski definition) is 7. The van der Waals surface area contributed by atoms with Crippen LogP contribution in [0.5, 0.6) is 11.5 Å². The average molecular weight is 682 g/mol. The molecule has 0 aliphatic carbocycles. The van der Waals surface area contributed by atoms with E-state index in [-0.39, 0.29) is 19.0 Å². The van der Waals surface area contributed by atoms with Gasteiger partial charge in [-0.1, -0.05) is 23.5 Å². The molecule has 0 bridgehead atoms. The van der Waals surface area contributed by atoms with Crippen LogP contribution < -0.4 is 24.4 Å². The van der Waals surface area contributed by atoms with Crippen molar-refractivity contribution in [3.63, 3.8) is 0 Å². The quantitative estimate of drug-likeness (QED) is 0.222. The lowest BCUT2D eigenvalue weighted by molar-refractivity contribution is -0.139. The first-order valence-electron chi connectivity index (χ1n) is 13.2. The first-order chi connectivity index (χ1) is 19.7. The predicted octanol–water partition coefficient (Wildman–Crippen LogP) is 4.85. The van der Waals surface area contributed by atoms with Crippen molar-refractivity contribution >= 4 is 46.0 Å². The molecule has 6 rings (SSSR count). The summed E-state index contributed by atoms with van der Waals surface area (Å²) in [7, 11) is 0. The molecule has 4 aromatic rings. The Labute approximate surface area is 254 Å². The first kappa shape index (κ1) is 27.5. The molecule has 0 saturated carbocycles. The summed E-state index contributed by atoms with van der Waals surface area (Å²) < 4.78 is 22.0. The monoisotopic (exact) mass is 681 g/mol. The molecule has 41 heavy (non-hydrogen) atoms. The van der Waals surface area contributed by atoms with Gasteiger partial charge in [0.15, 0.2) is 16.3 Å². The van der Waals surface area contributed by atoms with Crippen molar-refractivity contribution in [2.45, 2.75) is 40.7 Å². The number of esters is 1. The third-order valence-corrected chi connectivity index (χ3v) is 9.55. The van der Waals surface area contributed by atoms with Gasteiger partial charge < -0.3 is 18.8 Å². The Morgan fingerprint density at radius 1 is 1.12 bits per heavy atom. The van der Waals surface area contributed by atoms with Gasteiger partial charge in [-0.3, -0.25) is 9.36 Å². The lowest BCUT2D eigenvalue weighted by Gasteiger charge is -2.24. The van der Waals surface area contributed by atoms with Crippen molar-refractivity contribution in [3.05, 3.63) is 105 Å². The van der Waals surface area contributed by atoms with Crippen molar-refractivity contribution in [1.82, 2.24) is 9.13 Å². The molecule has 0 spiro atoms. The van der Waals surface area contributed by atoms with E-state index in [0.29, 0.717) is 37.7 Å². The van der Waals surface area contributed by atoms with E-state index in [1.165, 1.54) is 20.5 Å². The molecular weight excluding hydrogens is 653 g/mol. The molecule has 2 aliphatic heterocycles. The minimum atomic E-state index is -0.719. The number of ether oxygens (including phenoxy) is 3. The number of carbonyl (C=O) groups excluding carboxylic acids is 1. The molecule has 0 amide bonds. The summed E-state index contributed by atoms with van der Waals surface area (Å²) in [5, 5.41) is 0. The highest BCUT2D eigenvalue weighted by Crippen LogP contribution is 2.38. The Kier molecular flexibility index (Phi) is 7.14. The lowest BCUT2D eigenvalue weighted by atomic mass is 9.95. The molecule has 0 radical (unpaired) electrons. The van der Waals surface area contributed by atoms with Crippen LogP contribution in [0, 0.1) is 24.3 Å². The van der Waals surface area contributed by atoms with Crippen LogP contribution in [0.3, 0.4) is 0 Å². The van der Waals surface area contributed by atoms with Crippen LogP contribution in [-0.4, -0.2) is 28.5 Å². The highest BCUT2D eigenvalue weighted by Gasteiger charge is 2.34. The third kappa shape index (κ3) is 4.72. The van der Waals surface area contributed by atoms with Gasteiger partial charge in [-0.2, -0.15) is 0 Å². The summed E-state index contributed by atoms with van der Waals surface area (Å²) in [6, 6.07) is 13.2. The van der Waals surface area contributed by atoms with E-state index < -0.39 is 12.0 Å². The maximum absolute atomic E-state index is 14.1. The molecule has 0 fully saturated rings. The van der Waals surface area contributed by atoms with E-state index in [0.717, 1.165) is 22.6 Å². The number of aryl methyl sites for hydroxylation is 2. The van der Waals surface area contributed by atoms with E-state index >= 15 is 0 Å². The summed E-state index contributed by atoms with van der Waals surface area (Å²) in [6.45, 7) is 10.1. The normalized spacial score (nSPS) is 16.1. The zero-order valence-corrected chi connectivity index (χ0v) is 26.3. The fourth-order valence-electron chi connectivity index (χ4n) is 5.38. The van der Waals surface area contributed by atoms with Crippen LogP contribution >= 0.6 is 33.9 Å². The van der Waals surface area contributed by atoms with Crippen LogP contribution in [0.15, 0.2) is 63.5 Å². The molecule has 10 heteroatoms. The lowest BCUT2D eigenvalue weighted by Crippen LogP contribution is -2.39. The van der Waals surface area contributed by atoms with Gasteiger partial charge in [0.1, 0.15) is 0 Å². The highest BCUT2D eigenvalue weighted by molar-refractivity contribution is 14.1. The smallest absolute Gasteiger partial charge is 0.338 e. The van der Waals surface area contributed by atoms with Crippen LogP contribution in [0.2, 0.25) is 0 Å². The molecule has 1 unspecified atom stereocenters. The summed E-state index contributed by atoms with van der Waals surface area (Å²) in [5.41, 5.74) is 6.70. The summed E-state index contributed by atoms with van der Waals surface area (Å²) >= 11 is 3.66. The van der Waals surface area contributed by atoms with Gasteiger partial charge in [0.25, 0.3) is 5.56 Å². The number of nitrogens with zero attached hydrogens (tertiary/aromatic N) is 3. The van der Waals surface area contributed by atoms with Crippen molar-refractivity contribution < 1.29 is 19.0 Å². The van der Waals surface area contributed by atoms with Crippen LogP contribution in [0.1, 0.15) is 48.0 Å². The SMILES string of the molecule is CCOC(=O)C1=C(C)N=c2sc(=Cc3cc(C)n(-c4ccc(C)c(I)c4)c3C)c(=O)n2C1c1ccc2c(c1)OCO2. The van der Waals surface area contributed by atoms with Crippen molar-refractivity contribution in [2.24, 2.45) is 4.99 Å². The van der Waals surface area contributed by atoms with Crippen LogP contribution in [0.25, 0.3) is 11.8 Å². The number of aromatic nitrogens is 2. The topological polar surface area (TPSA) is 84.1 Å². The van der Waals surface area contributed by atoms with Gasteiger partial charge in [-0.15, -0.1) is 0 Å². The van der Waals surface area contributed by atoms with Gasteiger partial charge in [-0.05, 0) is 110 Å². The summed E-state index contributed by atoms with van der Waals surface area (Å²) in [4.78, 5) is 32.5. The Morgan fingerprint density at radius 3 is 2.66 bits per heavy atom. The Balaban J connectivity index is 1.52. The van der Waals surface area contributed by atoms with Crippen molar-refractivity contribution in [2.75, 3.05) is 13.4 Å². The second-order valence-corrected chi connectivity index (χ2v) is 12.2. The van der Waals surface area contributed by atoms with Gasteiger partial charge in [-0.25, -0.2) is 9.79 Å². The Morgan fingerprint density at radius 2 is 1.90 bits per heavy atom. The average Bonchev–Trinajstić information content (AvgIpc) is 3.60. The number of rotatable bonds is 5. The molecule has 0 saturated heterocycles. The Bertz CT molecular complexity index is 1950. The highest BCUT2D eigenvalue weighted by atomic mass is 127. The standard InChI is InChI=1S/C31H28IN3O5S/c1-6-38-30(37)27-18(4)33-31-35(28(27)20-8-10-24-25(12-20)40-15-39-24)29(36)26(41-31)13-21-11-17(3)34(19(21)5)22-9-7-16(2)23(32)14-22/h7-14,28H,6,15H2,1-5H3. The van der Waals surface area contributed by atoms with E-state index in [1.54, 1.807) is 24.5 Å². The van der Waals surface area contributed by atoms with Gasteiger partial charge in [0, 0.05) is 20.6 Å². The van der Waals surface area contributed by atoms with Crippen LogP contribution in [0.4, 0.5) is 0 Å². The molecule has 1 atom stereocenters. The number of hydrogen-bond donors (Lipinski definition) is 0. The number of carbonyl (C=O) groups is 1. The number of allylic oxidation sites excluding steroid dienone is 1. The van der Waals surface area contributed by atoms with Crippen LogP contribution in [-0.2, 0) is 9.53 Å². The second-order valence-electron chi connectivity index (χ2n) is 10.0. The van der Waals surface area contributed by atoms with Gasteiger partial charge in [0.2, 0.25) is 6.79 Å². The first-order valence-corrected chi connectivity index (χ1v) is 15.1. The molecule has 2 aliphatic rings. The Hall–Kier alpha value is -3.64. The maximum Gasteiger partial charge on any atom is 0.338 e. The number of benzene rings is 2. The van der Waals surface area contributed by atoms with Crippen molar-refractivity contribution in [3.8, 4) is 17.2 Å². The molecular formula is C31H28IN3O5S. The second kappa shape index (κ2) is 10.6. The zero-order valence-electron chi connectivity index (χ0n) is 23.3. The fraction of sp³-hybridized carbons (Fsp3) is 0.258. The summed E-state index contributed by atoms with van der Waals surface area (Å²) in [6.07, 6.45) is 1.92. The predicted molar refractivity (Wildman–Crippen MR) is 166 cm³/mol. The molecule has 4 heterocycles. The summed E-state index contributed by atoms with van der Waals surface area (Å²) in [5.74, 6) is 0.695. The molecule has 8 nitrogen and oxygen atoms in total. The maximum atomic E-state index is 14.1. The molecule has 0 N–H and O–H groups in total. The van der Waals surface area contributed by atoms with E-state index in [2.05, 4.69) is 72.2 Å². The van der Waals surface area contributed by atoms with E-state index in [9.17, 15) is 9.59 Å². The van der Waals surface area contributed by atoms with E-state index in [1.807, 2.05) is 18.2 Å². The molecule has 2 aromatic heterocycles. The molecule has 210 valence electrons. The number of fused-ring (bicyclic) bond motifs is 2. The number of halogens is 1. The van der Waals surface area contributed by atoms with Gasteiger partial charge in [0.05, 0.1) is 28.5 Å². The zero-order chi connectivity index (χ0) is 29.0. The number of thiazole rings is 1. The van der Waals surface area contributed by atoms with E-state index in [4.69, 9.17) is 19.2 Å². The van der Waals surface area contributed by atoms with Crippen molar-refractivity contribution in [1.29, 1.82) is 0 Å². The third-order valence-electron chi connectivity index (χ3n) is 7.40.